The van der Waals surface area contributed by atoms with Gasteiger partial charge in [-0.1, -0.05) is 22.0 Å². The highest BCUT2D eigenvalue weighted by Gasteiger charge is 2.18. The van der Waals surface area contributed by atoms with Gasteiger partial charge in [-0.25, -0.2) is 4.39 Å². The van der Waals surface area contributed by atoms with Crippen LogP contribution in [0, 0.1) is 5.82 Å². The minimum Gasteiger partial charge on any atom is -0.309 e. The summed E-state index contributed by atoms with van der Waals surface area (Å²) < 4.78 is 13.9. The van der Waals surface area contributed by atoms with Gasteiger partial charge in [0, 0.05) is 23.1 Å². The molecule has 4 heteroatoms. The topological polar surface area (TPSA) is 15.3 Å². The maximum Gasteiger partial charge on any atom is 0.124 e. The summed E-state index contributed by atoms with van der Waals surface area (Å²) in [6.07, 6.45) is 2.65. The number of likely N-dealkylation sites (tertiary alicyclic amines) is 1. The minimum atomic E-state index is -0.201. The number of halogens is 2. The van der Waals surface area contributed by atoms with Gasteiger partial charge in [0.15, 0.2) is 0 Å². The molecule has 0 radical (unpaired) electrons. The summed E-state index contributed by atoms with van der Waals surface area (Å²) in [5, 5.41) is 3.54. The molecule has 1 fully saturated rings. The van der Waals surface area contributed by atoms with Gasteiger partial charge in [0.05, 0.1) is 0 Å². The van der Waals surface area contributed by atoms with E-state index in [0.717, 1.165) is 16.6 Å². The highest BCUT2D eigenvalue weighted by Crippen LogP contribution is 2.24. The van der Waals surface area contributed by atoms with Crippen LogP contribution < -0.4 is 5.32 Å². The van der Waals surface area contributed by atoms with Crippen molar-refractivity contribution in [3.8, 4) is 0 Å². The first-order chi connectivity index (χ1) is 9.08. The molecule has 0 amide bonds. The molecule has 106 valence electrons. The summed E-state index contributed by atoms with van der Waals surface area (Å²) in [5.41, 5.74) is 1.11. The van der Waals surface area contributed by atoms with Crippen LogP contribution in [0.3, 0.4) is 0 Å². The van der Waals surface area contributed by atoms with E-state index in [-0.39, 0.29) is 11.9 Å². The van der Waals surface area contributed by atoms with E-state index in [1.807, 2.05) is 6.07 Å². The lowest BCUT2D eigenvalue weighted by Gasteiger charge is -2.26. The summed E-state index contributed by atoms with van der Waals surface area (Å²) in [7, 11) is 0. The quantitative estimate of drug-likeness (QED) is 0.886. The lowest BCUT2D eigenvalue weighted by molar-refractivity contribution is 0.247. The molecule has 0 aromatic heterocycles. The Morgan fingerprint density at radius 1 is 1.32 bits per heavy atom. The molecular weight excluding hydrogens is 307 g/mol. The average Bonchev–Trinajstić information content (AvgIpc) is 2.89. The number of nitrogens with zero attached hydrogens (tertiary/aromatic N) is 1. The zero-order valence-corrected chi connectivity index (χ0v) is 13.2. The first-order valence-electron chi connectivity index (χ1n) is 7.00. The third-order valence-electron chi connectivity index (χ3n) is 3.91. The molecule has 2 unspecified atom stereocenters. The van der Waals surface area contributed by atoms with Crippen molar-refractivity contribution >= 4 is 15.9 Å². The van der Waals surface area contributed by atoms with E-state index in [9.17, 15) is 4.39 Å². The molecule has 0 spiro atoms. The fourth-order valence-electron chi connectivity index (χ4n) is 2.62. The molecule has 2 nitrogen and oxygen atoms in total. The number of benzene rings is 1. The Morgan fingerprint density at radius 2 is 2.00 bits per heavy atom. The predicted octanol–water partition coefficient (Wildman–Crippen LogP) is 3.72. The van der Waals surface area contributed by atoms with E-state index in [2.05, 4.69) is 40.0 Å². The van der Waals surface area contributed by atoms with Gasteiger partial charge in [0.2, 0.25) is 0 Å². The zero-order chi connectivity index (χ0) is 13.8. The van der Waals surface area contributed by atoms with Crippen LogP contribution in [0.15, 0.2) is 22.7 Å². The van der Waals surface area contributed by atoms with Gasteiger partial charge in [0.1, 0.15) is 5.82 Å². The van der Waals surface area contributed by atoms with Crippen molar-refractivity contribution in [2.24, 2.45) is 0 Å². The lowest BCUT2D eigenvalue weighted by Crippen LogP contribution is -2.39. The second kappa shape index (κ2) is 6.82. The molecule has 2 atom stereocenters. The second-order valence-electron chi connectivity index (χ2n) is 5.39. The van der Waals surface area contributed by atoms with E-state index >= 15 is 0 Å². The van der Waals surface area contributed by atoms with Crippen molar-refractivity contribution < 1.29 is 4.39 Å². The second-order valence-corrected chi connectivity index (χ2v) is 6.24. The van der Waals surface area contributed by atoms with Crippen molar-refractivity contribution in [2.45, 2.75) is 38.8 Å². The van der Waals surface area contributed by atoms with Crippen LogP contribution in [0.2, 0.25) is 0 Å². The first-order valence-corrected chi connectivity index (χ1v) is 7.79. The Bertz CT molecular complexity index is 419. The first kappa shape index (κ1) is 14.9. The summed E-state index contributed by atoms with van der Waals surface area (Å²) >= 11 is 3.43. The molecular formula is C15H22BrFN2. The molecule has 1 aromatic rings. The molecule has 0 saturated carbocycles. The highest BCUT2D eigenvalue weighted by molar-refractivity contribution is 9.10. The predicted molar refractivity (Wildman–Crippen MR) is 80.8 cm³/mol. The van der Waals surface area contributed by atoms with Gasteiger partial charge in [0.25, 0.3) is 0 Å². The normalized spacial score (nSPS) is 19.6. The van der Waals surface area contributed by atoms with Crippen LogP contribution in [0.25, 0.3) is 0 Å². The lowest BCUT2D eigenvalue weighted by atomic mass is 10.1. The maximum atomic E-state index is 13.1. The Morgan fingerprint density at radius 3 is 2.63 bits per heavy atom. The standard InChI is InChI=1S/C15H22BrFN2/c1-11(19-7-3-4-8-19)10-18-12(2)14-6-5-13(17)9-15(14)16/h5-6,9,11-12,18H,3-4,7-8,10H2,1-2H3. The van der Waals surface area contributed by atoms with E-state index in [0.29, 0.717) is 6.04 Å². The number of hydrogen-bond donors (Lipinski definition) is 1. The average molecular weight is 329 g/mol. The summed E-state index contributed by atoms with van der Waals surface area (Å²) in [4.78, 5) is 2.53. The van der Waals surface area contributed by atoms with Crippen LogP contribution in [0.1, 0.15) is 38.3 Å². The van der Waals surface area contributed by atoms with Crippen molar-refractivity contribution in [3.05, 3.63) is 34.1 Å². The third kappa shape index (κ3) is 4.01. The van der Waals surface area contributed by atoms with Crippen LogP contribution in [0.5, 0.6) is 0 Å². The Hall–Kier alpha value is -0.450. The van der Waals surface area contributed by atoms with Crippen LogP contribution in [-0.2, 0) is 0 Å². The van der Waals surface area contributed by atoms with E-state index in [4.69, 9.17) is 0 Å². The molecule has 1 aromatic carbocycles. The Labute approximate surface area is 123 Å². The molecule has 19 heavy (non-hydrogen) atoms. The van der Waals surface area contributed by atoms with E-state index < -0.39 is 0 Å². The Balaban J connectivity index is 1.88. The fourth-order valence-corrected chi connectivity index (χ4v) is 3.32. The van der Waals surface area contributed by atoms with Gasteiger partial charge in [-0.2, -0.15) is 0 Å². The smallest absolute Gasteiger partial charge is 0.124 e. The molecule has 2 rings (SSSR count). The SMILES string of the molecule is CC(NCC(C)N1CCCC1)c1ccc(F)cc1Br. The van der Waals surface area contributed by atoms with Crippen LogP contribution in [-0.4, -0.2) is 30.6 Å². The molecule has 1 aliphatic heterocycles. The Kier molecular flexibility index (Phi) is 5.37. The van der Waals surface area contributed by atoms with Gasteiger partial charge in [-0.15, -0.1) is 0 Å². The highest BCUT2D eigenvalue weighted by atomic mass is 79.9. The van der Waals surface area contributed by atoms with E-state index in [1.165, 1.54) is 38.1 Å². The van der Waals surface area contributed by atoms with Gasteiger partial charge >= 0.3 is 0 Å². The molecule has 0 bridgehead atoms. The summed E-state index contributed by atoms with van der Waals surface area (Å²) in [6.45, 7) is 7.79. The molecule has 1 saturated heterocycles. The fraction of sp³-hybridized carbons (Fsp3) is 0.600. The number of rotatable bonds is 5. The van der Waals surface area contributed by atoms with Crippen molar-refractivity contribution in [1.82, 2.24) is 10.2 Å². The molecule has 1 heterocycles. The monoisotopic (exact) mass is 328 g/mol. The third-order valence-corrected chi connectivity index (χ3v) is 4.60. The minimum absolute atomic E-state index is 0.201. The zero-order valence-electron chi connectivity index (χ0n) is 11.6. The summed E-state index contributed by atoms with van der Waals surface area (Å²) in [5.74, 6) is -0.201. The van der Waals surface area contributed by atoms with E-state index in [1.54, 1.807) is 0 Å². The number of hydrogen-bond acceptors (Lipinski definition) is 2. The van der Waals surface area contributed by atoms with Crippen molar-refractivity contribution in [3.63, 3.8) is 0 Å². The van der Waals surface area contributed by atoms with Crippen LogP contribution >= 0.6 is 15.9 Å². The largest absolute Gasteiger partial charge is 0.309 e. The molecule has 1 aliphatic rings. The van der Waals surface area contributed by atoms with Gasteiger partial charge in [-0.05, 0) is 57.5 Å². The van der Waals surface area contributed by atoms with Crippen molar-refractivity contribution in [1.29, 1.82) is 0 Å². The van der Waals surface area contributed by atoms with Crippen LogP contribution in [0.4, 0.5) is 4.39 Å². The van der Waals surface area contributed by atoms with Gasteiger partial charge < -0.3 is 5.32 Å². The van der Waals surface area contributed by atoms with Gasteiger partial charge in [-0.3, -0.25) is 4.90 Å². The maximum absolute atomic E-state index is 13.1. The molecule has 0 aliphatic carbocycles. The molecule has 1 N–H and O–H groups in total. The van der Waals surface area contributed by atoms with Crippen molar-refractivity contribution in [2.75, 3.05) is 19.6 Å². The summed E-state index contributed by atoms with van der Waals surface area (Å²) in [6, 6.07) is 5.67. The number of nitrogens with one attached hydrogen (secondary N) is 1.